The molecule has 100 valence electrons. The van der Waals surface area contributed by atoms with E-state index in [-0.39, 0.29) is 5.82 Å². The lowest BCUT2D eigenvalue weighted by Crippen LogP contribution is -1.99. The first-order chi connectivity index (χ1) is 8.97. The van der Waals surface area contributed by atoms with Gasteiger partial charge in [0, 0.05) is 10.6 Å². The second kappa shape index (κ2) is 5.75. The molecule has 0 bridgehead atoms. The monoisotopic (exact) mass is 276 g/mol. The highest BCUT2D eigenvalue weighted by Crippen LogP contribution is 2.28. The van der Waals surface area contributed by atoms with Gasteiger partial charge < -0.3 is 0 Å². The largest absolute Gasteiger partial charge is 0.206 e. The van der Waals surface area contributed by atoms with Crippen molar-refractivity contribution in [2.45, 2.75) is 27.2 Å². The summed E-state index contributed by atoms with van der Waals surface area (Å²) in [4.78, 5) is 0. The van der Waals surface area contributed by atoms with Crippen LogP contribution in [0.2, 0.25) is 5.02 Å². The van der Waals surface area contributed by atoms with Crippen molar-refractivity contribution in [3.8, 4) is 11.1 Å². The van der Waals surface area contributed by atoms with Crippen LogP contribution in [-0.4, -0.2) is 0 Å². The molecule has 0 atom stereocenters. The van der Waals surface area contributed by atoms with Gasteiger partial charge in [-0.3, -0.25) is 0 Å². The second-order valence-corrected chi connectivity index (χ2v) is 5.80. The minimum Gasteiger partial charge on any atom is -0.206 e. The summed E-state index contributed by atoms with van der Waals surface area (Å²) in [5.74, 6) is 0.384. The van der Waals surface area contributed by atoms with E-state index in [1.165, 1.54) is 5.56 Å². The minimum atomic E-state index is -0.174. The number of hydrogen-bond donors (Lipinski definition) is 0. The molecule has 0 aromatic heterocycles. The zero-order valence-electron chi connectivity index (χ0n) is 11.5. The molecule has 2 aromatic carbocycles. The quantitative estimate of drug-likeness (QED) is 0.679. The van der Waals surface area contributed by atoms with E-state index < -0.39 is 0 Å². The van der Waals surface area contributed by atoms with Gasteiger partial charge in [0.1, 0.15) is 5.82 Å². The van der Waals surface area contributed by atoms with E-state index in [0.717, 1.165) is 17.5 Å². The predicted molar refractivity (Wildman–Crippen MR) is 80.1 cm³/mol. The van der Waals surface area contributed by atoms with E-state index in [4.69, 9.17) is 11.6 Å². The Labute approximate surface area is 119 Å². The van der Waals surface area contributed by atoms with Crippen molar-refractivity contribution in [1.82, 2.24) is 0 Å². The molecule has 0 heterocycles. The van der Waals surface area contributed by atoms with Crippen LogP contribution >= 0.6 is 11.6 Å². The number of halogens is 2. The van der Waals surface area contributed by atoms with Crippen LogP contribution in [0.5, 0.6) is 0 Å². The molecule has 0 aliphatic carbocycles. The highest BCUT2D eigenvalue weighted by molar-refractivity contribution is 6.30. The molecule has 0 nitrogen and oxygen atoms in total. The summed E-state index contributed by atoms with van der Waals surface area (Å²) in [6.07, 6.45) is 0.965. The van der Waals surface area contributed by atoms with Gasteiger partial charge in [-0.15, -0.1) is 0 Å². The molecule has 0 unspecified atom stereocenters. The van der Waals surface area contributed by atoms with E-state index in [1.807, 2.05) is 25.1 Å². The molecule has 2 rings (SSSR count). The Morgan fingerprint density at radius 1 is 1.11 bits per heavy atom. The van der Waals surface area contributed by atoms with E-state index in [9.17, 15) is 4.39 Å². The van der Waals surface area contributed by atoms with Crippen molar-refractivity contribution in [3.63, 3.8) is 0 Å². The molecule has 0 saturated heterocycles. The molecule has 0 amide bonds. The average molecular weight is 277 g/mol. The highest BCUT2D eigenvalue weighted by Gasteiger charge is 2.10. The number of aryl methyl sites for hydroxylation is 1. The fourth-order valence-corrected chi connectivity index (χ4v) is 2.35. The highest BCUT2D eigenvalue weighted by atomic mass is 35.5. The number of benzene rings is 2. The SMILES string of the molecule is Cc1cc(F)c(-c2ccc(Cl)cc2)cc1CC(C)C. The van der Waals surface area contributed by atoms with Gasteiger partial charge in [-0.1, -0.05) is 37.6 Å². The third-order valence-corrected chi connectivity index (χ3v) is 3.46. The molecule has 2 aromatic rings. The molecular weight excluding hydrogens is 259 g/mol. The van der Waals surface area contributed by atoms with Crippen molar-refractivity contribution in [3.05, 3.63) is 58.4 Å². The smallest absolute Gasteiger partial charge is 0.131 e. The molecule has 2 heteroatoms. The Morgan fingerprint density at radius 2 is 1.74 bits per heavy atom. The average Bonchev–Trinajstić information content (AvgIpc) is 2.33. The van der Waals surface area contributed by atoms with Gasteiger partial charge in [-0.05, 0) is 60.2 Å². The van der Waals surface area contributed by atoms with Gasteiger partial charge in [-0.25, -0.2) is 4.39 Å². The zero-order valence-corrected chi connectivity index (χ0v) is 12.3. The summed E-state index contributed by atoms with van der Waals surface area (Å²) < 4.78 is 14.1. The van der Waals surface area contributed by atoms with Crippen molar-refractivity contribution in [2.75, 3.05) is 0 Å². The molecule has 0 aliphatic heterocycles. The van der Waals surface area contributed by atoms with Gasteiger partial charge in [-0.2, -0.15) is 0 Å². The molecule has 0 saturated carbocycles. The first kappa shape index (κ1) is 14.1. The van der Waals surface area contributed by atoms with Crippen LogP contribution in [0, 0.1) is 18.7 Å². The van der Waals surface area contributed by atoms with Gasteiger partial charge in [0.15, 0.2) is 0 Å². The molecular formula is C17H18ClF. The maximum Gasteiger partial charge on any atom is 0.131 e. The normalized spacial score (nSPS) is 11.1. The van der Waals surface area contributed by atoms with E-state index in [1.54, 1.807) is 18.2 Å². The molecule has 0 radical (unpaired) electrons. The van der Waals surface area contributed by atoms with Crippen molar-refractivity contribution in [1.29, 1.82) is 0 Å². The van der Waals surface area contributed by atoms with Gasteiger partial charge >= 0.3 is 0 Å². The van der Waals surface area contributed by atoms with Gasteiger partial charge in [0.25, 0.3) is 0 Å². The van der Waals surface area contributed by atoms with E-state index in [2.05, 4.69) is 13.8 Å². The van der Waals surface area contributed by atoms with Crippen LogP contribution in [0.4, 0.5) is 4.39 Å². The topological polar surface area (TPSA) is 0 Å². The summed E-state index contributed by atoms with van der Waals surface area (Å²) in [6.45, 7) is 6.31. The standard InChI is InChI=1S/C17H18ClF/c1-11(2)8-14-10-16(17(19)9-12(14)3)13-4-6-15(18)7-5-13/h4-7,9-11H,8H2,1-3H3. The maximum absolute atomic E-state index is 14.1. The first-order valence-corrected chi connectivity index (χ1v) is 6.90. The summed E-state index contributed by atoms with van der Waals surface area (Å²) in [6, 6.07) is 10.9. The molecule has 0 aliphatic rings. The Bertz CT molecular complexity index is 571. The van der Waals surface area contributed by atoms with E-state index in [0.29, 0.717) is 16.5 Å². The fraction of sp³-hybridized carbons (Fsp3) is 0.294. The third-order valence-electron chi connectivity index (χ3n) is 3.21. The van der Waals surface area contributed by atoms with Crippen LogP contribution in [0.3, 0.4) is 0 Å². The van der Waals surface area contributed by atoms with Gasteiger partial charge in [0.2, 0.25) is 0 Å². The Morgan fingerprint density at radius 3 is 2.32 bits per heavy atom. The lowest BCUT2D eigenvalue weighted by molar-refractivity contribution is 0.621. The lowest BCUT2D eigenvalue weighted by atomic mass is 9.94. The molecule has 0 spiro atoms. The predicted octanol–water partition coefficient (Wildman–Crippen LogP) is 5.65. The van der Waals surface area contributed by atoms with Crippen LogP contribution in [0.1, 0.15) is 25.0 Å². The van der Waals surface area contributed by atoms with Crippen LogP contribution in [0.25, 0.3) is 11.1 Å². The molecule has 0 N–H and O–H groups in total. The Kier molecular flexibility index (Phi) is 4.26. The molecule has 0 fully saturated rings. The van der Waals surface area contributed by atoms with Crippen molar-refractivity contribution >= 4 is 11.6 Å². The minimum absolute atomic E-state index is 0.174. The molecule has 19 heavy (non-hydrogen) atoms. The number of hydrogen-bond acceptors (Lipinski definition) is 0. The zero-order chi connectivity index (χ0) is 14.0. The van der Waals surface area contributed by atoms with Crippen LogP contribution in [0.15, 0.2) is 36.4 Å². The lowest BCUT2D eigenvalue weighted by Gasteiger charge is -2.12. The maximum atomic E-state index is 14.1. The summed E-state index contributed by atoms with van der Waals surface area (Å²) in [5.41, 5.74) is 3.75. The van der Waals surface area contributed by atoms with Crippen molar-refractivity contribution < 1.29 is 4.39 Å². The summed E-state index contributed by atoms with van der Waals surface area (Å²) in [5, 5.41) is 0.665. The Hall–Kier alpha value is -1.34. The number of rotatable bonds is 3. The summed E-state index contributed by atoms with van der Waals surface area (Å²) >= 11 is 5.87. The second-order valence-electron chi connectivity index (χ2n) is 5.36. The fourth-order valence-electron chi connectivity index (χ4n) is 2.23. The Balaban J connectivity index is 2.47. The van der Waals surface area contributed by atoms with Gasteiger partial charge in [0.05, 0.1) is 0 Å². The van der Waals surface area contributed by atoms with Crippen LogP contribution < -0.4 is 0 Å². The van der Waals surface area contributed by atoms with E-state index >= 15 is 0 Å². The van der Waals surface area contributed by atoms with Crippen LogP contribution in [-0.2, 0) is 6.42 Å². The summed E-state index contributed by atoms with van der Waals surface area (Å²) in [7, 11) is 0. The first-order valence-electron chi connectivity index (χ1n) is 6.52. The third kappa shape index (κ3) is 3.36. The van der Waals surface area contributed by atoms with Crippen molar-refractivity contribution in [2.24, 2.45) is 5.92 Å².